The zero-order chi connectivity index (χ0) is 14.6. The highest BCUT2D eigenvalue weighted by Crippen LogP contribution is 2.24. The Labute approximate surface area is 114 Å². The third-order valence-corrected chi connectivity index (χ3v) is 2.61. The van der Waals surface area contributed by atoms with Crippen molar-refractivity contribution in [1.29, 1.82) is 0 Å². The second kappa shape index (κ2) is 6.19. The smallest absolute Gasteiger partial charge is 0.339 e. The molecule has 0 radical (unpaired) electrons. The Balaban J connectivity index is 2.94. The summed E-state index contributed by atoms with van der Waals surface area (Å²) in [6.07, 6.45) is 0. The highest BCUT2D eigenvalue weighted by Gasteiger charge is 2.19. The number of amides is 2. The molecule has 0 spiro atoms. The Kier molecular flexibility index (Phi) is 4.88. The van der Waals surface area contributed by atoms with Gasteiger partial charge in [-0.1, -0.05) is 17.7 Å². The average Bonchev–Trinajstić information content (AvgIpc) is 2.27. The summed E-state index contributed by atoms with van der Waals surface area (Å²) in [6, 6.07) is 3.58. The van der Waals surface area contributed by atoms with Gasteiger partial charge in [-0.05, 0) is 19.1 Å². The number of aromatic carboxylic acids is 1. The lowest BCUT2D eigenvalue weighted by atomic mass is 10.1. The van der Waals surface area contributed by atoms with E-state index in [1.807, 2.05) is 0 Å². The minimum absolute atomic E-state index is 0.0254. The number of anilines is 1. The van der Waals surface area contributed by atoms with E-state index in [9.17, 15) is 14.4 Å². The lowest BCUT2D eigenvalue weighted by molar-refractivity contribution is -0.124. The van der Waals surface area contributed by atoms with Gasteiger partial charge in [0.15, 0.2) is 0 Å². The van der Waals surface area contributed by atoms with Crippen molar-refractivity contribution in [3.63, 3.8) is 0 Å². The van der Waals surface area contributed by atoms with Gasteiger partial charge in [-0.15, -0.1) is 0 Å². The van der Waals surface area contributed by atoms with Gasteiger partial charge in [0.05, 0.1) is 10.7 Å². The first-order valence-electron chi connectivity index (χ1n) is 5.42. The summed E-state index contributed by atoms with van der Waals surface area (Å²) >= 11 is 5.77. The van der Waals surface area contributed by atoms with Crippen LogP contribution in [0.5, 0.6) is 0 Å². The Morgan fingerprint density at radius 3 is 2.47 bits per heavy atom. The standard InChI is InChI=1S/C12H13ClN2O4/c1-6(14-7(2)16)11(17)15-9-5-3-4-8(13)10(9)12(18)19/h3-6H,1-2H3,(H,14,16)(H,15,17)(H,18,19). The van der Waals surface area contributed by atoms with Crippen LogP contribution in [0, 0.1) is 0 Å². The first-order chi connectivity index (χ1) is 8.82. The first kappa shape index (κ1) is 15.0. The molecule has 1 aromatic carbocycles. The van der Waals surface area contributed by atoms with Crippen LogP contribution in [0.1, 0.15) is 24.2 Å². The van der Waals surface area contributed by atoms with E-state index >= 15 is 0 Å². The fourth-order valence-corrected chi connectivity index (χ4v) is 1.71. The molecular weight excluding hydrogens is 272 g/mol. The lowest BCUT2D eigenvalue weighted by Gasteiger charge is -2.14. The number of carbonyl (C=O) groups is 3. The molecule has 0 bridgehead atoms. The fourth-order valence-electron chi connectivity index (χ4n) is 1.46. The highest BCUT2D eigenvalue weighted by molar-refractivity contribution is 6.34. The van der Waals surface area contributed by atoms with E-state index in [4.69, 9.17) is 16.7 Å². The number of benzene rings is 1. The number of halogens is 1. The zero-order valence-electron chi connectivity index (χ0n) is 10.4. The third-order valence-electron chi connectivity index (χ3n) is 2.30. The van der Waals surface area contributed by atoms with Crippen molar-refractivity contribution in [1.82, 2.24) is 5.32 Å². The zero-order valence-corrected chi connectivity index (χ0v) is 11.1. The molecule has 102 valence electrons. The summed E-state index contributed by atoms with van der Waals surface area (Å²) in [5.74, 6) is -2.12. The van der Waals surface area contributed by atoms with Crippen molar-refractivity contribution in [3.8, 4) is 0 Å². The van der Waals surface area contributed by atoms with E-state index in [-0.39, 0.29) is 22.2 Å². The molecule has 6 nitrogen and oxygen atoms in total. The molecule has 19 heavy (non-hydrogen) atoms. The molecule has 0 aliphatic heterocycles. The lowest BCUT2D eigenvalue weighted by Crippen LogP contribution is -2.40. The number of carbonyl (C=O) groups excluding carboxylic acids is 2. The van der Waals surface area contributed by atoms with Crippen LogP contribution < -0.4 is 10.6 Å². The summed E-state index contributed by atoms with van der Waals surface area (Å²) in [5, 5.41) is 13.9. The number of hydrogen-bond donors (Lipinski definition) is 3. The van der Waals surface area contributed by atoms with Gasteiger partial charge in [0.1, 0.15) is 11.6 Å². The van der Waals surface area contributed by atoms with Crippen LogP contribution in [-0.4, -0.2) is 28.9 Å². The van der Waals surface area contributed by atoms with Crippen molar-refractivity contribution in [2.45, 2.75) is 19.9 Å². The monoisotopic (exact) mass is 284 g/mol. The molecule has 3 N–H and O–H groups in total. The summed E-state index contributed by atoms with van der Waals surface area (Å²) in [4.78, 5) is 33.7. The Bertz CT molecular complexity index is 530. The van der Waals surface area contributed by atoms with Crippen LogP contribution in [0.2, 0.25) is 5.02 Å². The van der Waals surface area contributed by atoms with Gasteiger partial charge in [0.2, 0.25) is 11.8 Å². The van der Waals surface area contributed by atoms with Crippen LogP contribution in [-0.2, 0) is 9.59 Å². The minimum atomic E-state index is -1.24. The second-order valence-electron chi connectivity index (χ2n) is 3.88. The van der Waals surface area contributed by atoms with Crippen LogP contribution >= 0.6 is 11.6 Å². The Morgan fingerprint density at radius 1 is 1.32 bits per heavy atom. The molecule has 0 fully saturated rings. The van der Waals surface area contributed by atoms with E-state index in [1.165, 1.54) is 32.0 Å². The minimum Gasteiger partial charge on any atom is -0.478 e. The van der Waals surface area contributed by atoms with Gasteiger partial charge in [-0.3, -0.25) is 9.59 Å². The third kappa shape index (κ3) is 3.96. The molecule has 1 aromatic rings. The fraction of sp³-hybridized carbons (Fsp3) is 0.250. The van der Waals surface area contributed by atoms with Crippen molar-refractivity contribution in [2.75, 3.05) is 5.32 Å². The topological polar surface area (TPSA) is 95.5 Å². The van der Waals surface area contributed by atoms with Crippen LogP contribution in [0.15, 0.2) is 18.2 Å². The van der Waals surface area contributed by atoms with Gasteiger partial charge in [-0.2, -0.15) is 0 Å². The Hall–Kier alpha value is -2.08. The van der Waals surface area contributed by atoms with Crippen LogP contribution in [0.4, 0.5) is 5.69 Å². The molecule has 0 heterocycles. The molecule has 2 amide bonds. The molecule has 7 heteroatoms. The van der Waals surface area contributed by atoms with Crippen molar-refractivity contribution in [2.24, 2.45) is 0 Å². The molecule has 1 atom stereocenters. The van der Waals surface area contributed by atoms with Gasteiger partial charge >= 0.3 is 5.97 Å². The van der Waals surface area contributed by atoms with Crippen molar-refractivity contribution in [3.05, 3.63) is 28.8 Å². The number of carboxylic acid groups (broad SMARTS) is 1. The maximum Gasteiger partial charge on any atom is 0.339 e. The largest absolute Gasteiger partial charge is 0.478 e. The maximum atomic E-state index is 11.8. The predicted octanol–water partition coefficient (Wildman–Crippen LogP) is 1.50. The van der Waals surface area contributed by atoms with E-state index in [1.54, 1.807) is 0 Å². The highest BCUT2D eigenvalue weighted by atomic mass is 35.5. The molecule has 0 saturated carbocycles. The quantitative estimate of drug-likeness (QED) is 0.781. The molecule has 1 unspecified atom stereocenters. The SMILES string of the molecule is CC(=O)NC(C)C(=O)Nc1cccc(Cl)c1C(=O)O. The predicted molar refractivity (Wildman–Crippen MR) is 70.3 cm³/mol. The normalized spacial score (nSPS) is 11.5. The molecular formula is C12H13ClN2O4. The molecule has 0 aliphatic carbocycles. The van der Waals surface area contributed by atoms with Crippen LogP contribution in [0.3, 0.4) is 0 Å². The molecule has 0 saturated heterocycles. The van der Waals surface area contributed by atoms with E-state index in [2.05, 4.69) is 10.6 Å². The number of rotatable bonds is 4. The summed E-state index contributed by atoms with van der Waals surface area (Å²) in [6.45, 7) is 2.77. The van der Waals surface area contributed by atoms with Gasteiger partial charge in [0, 0.05) is 6.92 Å². The van der Waals surface area contributed by atoms with Crippen molar-refractivity contribution < 1.29 is 19.5 Å². The van der Waals surface area contributed by atoms with Gasteiger partial charge in [0.25, 0.3) is 0 Å². The molecule has 0 aromatic heterocycles. The Morgan fingerprint density at radius 2 is 1.95 bits per heavy atom. The molecule has 1 rings (SSSR count). The van der Waals surface area contributed by atoms with Gasteiger partial charge < -0.3 is 15.7 Å². The van der Waals surface area contributed by atoms with Crippen LogP contribution in [0.25, 0.3) is 0 Å². The second-order valence-corrected chi connectivity index (χ2v) is 4.29. The molecule has 0 aliphatic rings. The average molecular weight is 285 g/mol. The van der Waals surface area contributed by atoms with E-state index in [0.717, 1.165) is 0 Å². The summed E-state index contributed by atoms with van der Waals surface area (Å²) < 4.78 is 0. The number of hydrogen-bond acceptors (Lipinski definition) is 3. The van der Waals surface area contributed by atoms with E-state index < -0.39 is 17.9 Å². The maximum absolute atomic E-state index is 11.8. The first-order valence-corrected chi connectivity index (χ1v) is 5.80. The summed E-state index contributed by atoms with van der Waals surface area (Å²) in [7, 11) is 0. The van der Waals surface area contributed by atoms with Gasteiger partial charge in [-0.25, -0.2) is 4.79 Å². The number of nitrogens with one attached hydrogen (secondary N) is 2. The number of carboxylic acids is 1. The summed E-state index contributed by atoms with van der Waals surface area (Å²) in [5.41, 5.74) is -0.102. The van der Waals surface area contributed by atoms with Crippen molar-refractivity contribution >= 4 is 35.1 Å². The van der Waals surface area contributed by atoms with E-state index in [0.29, 0.717) is 0 Å².